The number of aliphatic hydroxyl groups excluding tert-OH is 1. The summed E-state index contributed by atoms with van der Waals surface area (Å²) in [5.41, 5.74) is 4.06. The second-order valence-corrected chi connectivity index (χ2v) is 6.94. The molecular formula is C20H23N7O2. The molecule has 0 bridgehead atoms. The Bertz CT molecular complexity index is 1140. The van der Waals surface area contributed by atoms with E-state index < -0.39 is 6.61 Å². The van der Waals surface area contributed by atoms with Gasteiger partial charge in [-0.1, -0.05) is 13.8 Å². The van der Waals surface area contributed by atoms with Crippen LogP contribution in [-0.2, 0) is 11.3 Å². The number of hydrogen-bond donors (Lipinski definition) is 1. The van der Waals surface area contributed by atoms with Crippen LogP contribution in [0.4, 0.5) is 0 Å². The molecule has 0 saturated heterocycles. The lowest BCUT2D eigenvalue weighted by atomic mass is 10.1. The number of aliphatic hydroxyl groups is 1. The zero-order valence-electron chi connectivity index (χ0n) is 16.4. The van der Waals surface area contributed by atoms with Crippen molar-refractivity contribution in [2.75, 3.05) is 6.61 Å². The summed E-state index contributed by atoms with van der Waals surface area (Å²) in [6.45, 7) is 3.83. The molecule has 29 heavy (non-hydrogen) atoms. The summed E-state index contributed by atoms with van der Waals surface area (Å²) in [7, 11) is 0. The van der Waals surface area contributed by atoms with Crippen LogP contribution in [0.1, 0.15) is 32.7 Å². The normalized spacial score (nSPS) is 11.6. The molecule has 1 N–H and O–H groups in total. The molecule has 0 aliphatic rings. The van der Waals surface area contributed by atoms with Gasteiger partial charge in [0, 0.05) is 23.5 Å². The smallest absolute Gasteiger partial charge is 0.179 e. The Morgan fingerprint density at radius 2 is 1.86 bits per heavy atom. The molecule has 150 valence electrons. The van der Waals surface area contributed by atoms with E-state index in [2.05, 4.69) is 29.1 Å². The van der Waals surface area contributed by atoms with Crippen LogP contribution in [0.15, 0.2) is 43.2 Å². The van der Waals surface area contributed by atoms with E-state index in [-0.39, 0.29) is 12.3 Å². The molecule has 4 rings (SSSR count). The Balaban J connectivity index is 1.74. The van der Waals surface area contributed by atoms with Gasteiger partial charge < -0.3 is 5.11 Å². The maximum Gasteiger partial charge on any atom is 0.179 e. The molecule has 0 amide bonds. The summed E-state index contributed by atoms with van der Waals surface area (Å²) in [5.74, 6) is -0.301. The molecule has 0 radical (unpaired) electrons. The standard InChI is InChI=1S/C20H23N7O2/c1-3-16(4-2)26-10-15(8-23-26)20-19-5-6-21-27(19)12-18(24-20)14-7-22-25(9-14)11-17(29)13-28/h5-10,12,16,28H,3-4,11,13H2,1-2H3. The summed E-state index contributed by atoms with van der Waals surface area (Å²) in [5, 5.41) is 22.0. The molecule has 0 spiro atoms. The maximum atomic E-state index is 11.5. The van der Waals surface area contributed by atoms with Crippen molar-refractivity contribution in [3.05, 3.63) is 43.2 Å². The van der Waals surface area contributed by atoms with Crippen molar-refractivity contribution in [3.8, 4) is 22.5 Å². The second kappa shape index (κ2) is 7.96. The molecule has 9 nitrogen and oxygen atoms in total. The molecular weight excluding hydrogens is 370 g/mol. The average molecular weight is 393 g/mol. The van der Waals surface area contributed by atoms with Crippen molar-refractivity contribution in [1.29, 1.82) is 0 Å². The van der Waals surface area contributed by atoms with Gasteiger partial charge in [-0.15, -0.1) is 0 Å². The maximum absolute atomic E-state index is 11.5. The Morgan fingerprint density at radius 3 is 2.62 bits per heavy atom. The highest BCUT2D eigenvalue weighted by molar-refractivity contribution is 5.79. The number of nitrogens with zero attached hydrogens (tertiary/aromatic N) is 7. The van der Waals surface area contributed by atoms with Crippen LogP contribution in [0.3, 0.4) is 0 Å². The number of ketones is 1. The summed E-state index contributed by atoms with van der Waals surface area (Å²) in [4.78, 5) is 16.3. The highest BCUT2D eigenvalue weighted by Crippen LogP contribution is 2.27. The lowest BCUT2D eigenvalue weighted by molar-refractivity contribution is -0.122. The summed E-state index contributed by atoms with van der Waals surface area (Å²) in [6, 6.07) is 2.28. The Labute approximate surface area is 167 Å². The van der Waals surface area contributed by atoms with E-state index in [9.17, 15) is 4.79 Å². The number of fused-ring (bicyclic) bond motifs is 1. The quantitative estimate of drug-likeness (QED) is 0.493. The molecule has 9 heteroatoms. The summed E-state index contributed by atoms with van der Waals surface area (Å²) < 4.78 is 5.27. The average Bonchev–Trinajstić information content (AvgIpc) is 3.48. The Morgan fingerprint density at radius 1 is 1.07 bits per heavy atom. The van der Waals surface area contributed by atoms with Crippen molar-refractivity contribution < 1.29 is 9.90 Å². The van der Waals surface area contributed by atoms with E-state index in [1.165, 1.54) is 4.68 Å². The first-order valence-electron chi connectivity index (χ1n) is 9.67. The topological polar surface area (TPSA) is 103 Å². The largest absolute Gasteiger partial charge is 0.389 e. The lowest BCUT2D eigenvalue weighted by Crippen LogP contribution is -2.13. The molecule has 0 saturated carbocycles. The van der Waals surface area contributed by atoms with Crippen molar-refractivity contribution in [3.63, 3.8) is 0 Å². The van der Waals surface area contributed by atoms with Crippen molar-refractivity contribution in [1.82, 2.24) is 34.2 Å². The molecule has 0 aromatic carbocycles. The van der Waals surface area contributed by atoms with Gasteiger partial charge >= 0.3 is 0 Å². The zero-order valence-corrected chi connectivity index (χ0v) is 16.4. The first-order valence-corrected chi connectivity index (χ1v) is 9.67. The Kier molecular flexibility index (Phi) is 5.22. The van der Waals surface area contributed by atoms with Crippen LogP contribution in [0.2, 0.25) is 0 Å². The first-order chi connectivity index (χ1) is 14.1. The number of carbonyl (C=O) groups is 1. The molecule has 0 unspecified atom stereocenters. The highest BCUT2D eigenvalue weighted by atomic mass is 16.3. The van der Waals surface area contributed by atoms with Crippen LogP contribution in [-0.4, -0.2) is 51.7 Å². The molecule has 4 aromatic rings. The van der Waals surface area contributed by atoms with E-state index in [1.54, 1.807) is 23.1 Å². The monoisotopic (exact) mass is 393 g/mol. The Hall–Kier alpha value is -3.33. The zero-order chi connectivity index (χ0) is 20.4. The fraction of sp³-hybridized carbons (Fsp3) is 0.350. The minimum Gasteiger partial charge on any atom is -0.389 e. The minimum atomic E-state index is -0.503. The van der Waals surface area contributed by atoms with Crippen LogP contribution < -0.4 is 0 Å². The minimum absolute atomic E-state index is 0.0234. The van der Waals surface area contributed by atoms with Gasteiger partial charge in [-0.05, 0) is 18.9 Å². The van der Waals surface area contributed by atoms with Crippen molar-refractivity contribution in [2.24, 2.45) is 0 Å². The van der Waals surface area contributed by atoms with Gasteiger partial charge in [0.15, 0.2) is 5.78 Å². The van der Waals surface area contributed by atoms with Gasteiger partial charge in [0.1, 0.15) is 13.2 Å². The molecule has 0 aliphatic heterocycles. The van der Waals surface area contributed by atoms with Gasteiger partial charge in [-0.3, -0.25) is 14.2 Å². The summed E-state index contributed by atoms with van der Waals surface area (Å²) >= 11 is 0. The molecule has 0 atom stereocenters. The SMILES string of the molecule is CCC(CC)n1cc(-c2nc(-c3cnn(CC(=O)CO)c3)cn3nccc23)cn1. The predicted octanol–water partition coefficient (Wildman–Crippen LogP) is 2.38. The third-order valence-electron chi connectivity index (χ3n) is 5.03. The fourth-order valence-corrected chi connectivity index (χ4v) is 3.41. The van der Waals surface area contributed by atoms with E-state index in [0.717, 1.165) is 35.2 Å². The molecule has 0 aliphatic carbocycles. The number of hydrogen-bond acceptors (Lipinski definition) is 6. The van der Waals surface area contributed by atoms with E-state index >= 15 is 0 Å². The van der Waals surface area contributed by atoms with Gasteiger partial charge in [0.05, 0.1) is 47.7 Å². The third-order valence-corrected chi connectivity index (χ3v) is 5.03. The number of Topliss-reactive ketones (excluding diaryl/α,β-unsaturated/α-hetero) is 1. The van der Waals surface area contributed by atoms with Gasteiger partial charge in [-0.2, -0.15) is 15.3 Å². The van der Waals surface area contributed by atoms with Crippen molar-refractivity contribution in [2.45, 2.75) is 39.3 Å². The van der Waals surface area contributed by atoms with Gasteiger partial charge in [0.2, 0.25) is 0 Å². The number of rotatable bonds is 8. The van der Waals surface area contributed by atoms with E-state index in [4.69, 9.17) is 10.1 Å². The van der Waals surface area contributed by atoms with Gasteiger partial charge in [-0.25, -0.2) is 9.50 Å². The fourth-order valence-electron chi connectivity index (χ4n) is 3.41. The van der Waals surface area contributed by atoms with E-state index in [1.807, 2.05) is 29.3 Å². The van der Waals surface area contributed by atoms with Crippen LogP contribution >= 0.6 is 0 Å². The molecule has 4 aromatic heterocycles. The first kappa shape index (κ1) is 19.0. The van der Waals surface area contributed by atoms with Crippen LogP contribution in [0.5, 0.6) is 0 Å². The number of aromatic nitrogens is 7. The lowest BCUT2D eigenvalue weighted by Gasteiger charge is -2.12. The predicted molar refractivity (Wildman–Crippen MR) is 107 cm³/mol. The van der Waals surface area contributed by atoms with E-state index in [0.29, 0.717) is 11.7 Å². The van der Waals surface area contributed by atoms with Gasteiger partial charge in [0.25, 0.3) is 0 Å². The van der Waals surface area contributed by atoms with Crippen LogP contribution in [0.25, 0.3) is 28.0 Å². The molecule has 0 fully saturated rings. The second-order valence-electron chi connectivity index (χ2n) is 6.94. The highest BCUT2D eigenvalue weighted by Gasteiger charge is 2.15. The van der Waals surface area contributed by atoms with Crippen LogP contribution in [0, 0.1) is 0 Å². The third kappa shape index (κ3) is 3.68. The number of carbonyl (C=O) groups excluding carboxylic acids is 1. The van der Waals surface area contributed by atoms with Crippen molar-refractivity contribution >= 4 is 11.3 Å². The molecule has 4 heterocycles. The summed E-state index contributed by atoms with van der Waals surface area (Å²) in [6.07, 6.45) is 12.8.